The van der Waals surface area contributed by atoms with Gasteiger partial charge in [-0.1, -0.05) is 200 Å². The molecule has 2 heterocycles. The second-order valence-electron chi connectivity index (χ2n) is 21.1. The van der Waals surface area contributed by atoms with Gasteiger partial charge < -0.3 is 14.4 Å². The zero-order valence-corrected chi connectivity index (χ0v) is 42.0. The molecule has 0 amide bonds. The number of rotatable bonds is 6. The summed E-state index contributed by atoms with van der Waals surface area (Å²) in [5.41, 5.74) is 27.3. The van der Waals surface area contributed by atoms with Gasteiger partial charge in [0.05, 0.1) is 33.2 Å². The zero-order valence-electron chi connectivity index (χ0n) is 42.0. The van der Waals surface area contributed by atoms with Crippen LogP contribution in [0.25, 0.3) is 60.9 Å². The molecule has 12 aromatic carbocycles. The van der Waals surface area contributed by atoms with Crippen molar-refractivity contribution in [3.8, 4) is 39.1 Å². The Balaban J connectivity index is 0.956. The smallest absolute Gasteiger partial charge is 0.0755 e. The van der Waals surface area contributed by atoms with Crippen LogP contribution in [0.15, 0.2) is 285 Å². The summed E-state index contributed by atoms with van der Waals surface area (Å²) in [5, 5.41) is 2.43. The van der Waals surface area contributed by atoms with E-state index in [1.54, 1.807) is 0 Å². The van der Waals surface area contributed by atoms with Gasteiger partial charge >= 0.3 is 0 Å². The van der Waals surface area contributed by atoms with Crippen molar-refractivity contribution in [1.82, 2.24) is 4.57 Å². The van der Waals surface area contributed by atoms with E-state index in [4.69, 9.17) is 0 Å². The number of anilines is 6. The summed E-state index contributed by atoms with van der Waals surface area (Å²) in [6.07, 6.45) is 0. The van der Waals surface area contributed by atoms with Gasteiger partial charge in [0.25, 0.3) is 0 Å². The lowest BCUT2D eigenvalue weighted by atomic mass is 9.65. The molecule has 1 aromatic heterocycles. The number of aromatic nitrogens is 1. The second kappa shape index (κ2) is 15.8. The van der Waals surface area contributed by atoms with Gasteiger partial charge in [-0.15, -0.1) is 0 Å². The van der Waals surface area contributed by atoms with Crippen LogP contribution in [0, 0.1) is 0 Å². The average molecular weight is 978 g/mol. The number of para-hydroxylation sites is 4. The Morgan fingerprint density at radius 1 is 0.273 bits per heavy atom. The molecule has 0 radical (unpaired) electrons. The number of benzene rings is 12. The van der Waals surface area contributed by atoms with Crippen LogP contribution >= 0.6 is 0 Å². The SMILES string of the molecule is c1ccc(N2c3ccccc3C3(c4ccccc4)c4cc(N(c5ccc6c(c5)C5(c7ccccc7-c7ccccc75)c5ccccc5-6)c5ccc6c(c5)c5ccccc5n6-c5ccccc5)ccc4-c4cccc2c43)cc1. The quantitative estimate of drug-likeness (QED) is 0.164. The normalized spacial score (nSPS) is 15.4. The fourth-order valence-electron chi connectivity index (χ4n) is 14.7. The van der Waals surface area contributed by atoms with Crippen molar-refractivity contribution >= 4 is 55.9 Å². The van der Waals surface area contributed by atoms with E-state index < -0.39 is 10.8 Å². The summed E-state index contributed by atoms with van der Waals surface area (Å²) in [6, 6.07) is 107. The number of nitrogens with zero attached hydrogens (tertiary/aromatic N) is 3. The fraction of sp³-hybridized carbons (Fsp3) is 0.0270. The first-order chi connectivity index (χ1) is 38.2. The van der Waals surface area contributed by atoms with Gasteiger partial charge in [0.1, 0.15) is 0 Å². The summed E-state index contributed by atoms with van der Waals surface area (Å²) in [4.78, 5) is 5.03. The molecule has 0 N–H and O–H groups in total. The molecule has 17 rings (SSSR count). The third-order valence-corrected chi connectivity index (χ3v) is 17.6. The number of hydrogen-bond acceptors (Lipinski definition) is 2. The fourth-order valence-corrected chi connectivity index (χ4v) is 14.7. The first kappa shape index (κ1) is 42.4. The maximum absolute atomic E-state index is 2.55. The van der Waals surface area contributed by atoms with Crippen molar-refractivity contribution in [1.29, 1.82) is 0 Å². The van der Waals surface area contributed by atoms with Crippen LogP contribution in [-0.2, 0) is 10.8 Å². The molecule has 4 aliphatic rings. The van der Waals surface area contributed by atoms with Gasteiger partial charge in [-0.2, -0.15) is 0 Å². The van der Waals surface area contributed by atoms with E-state index >= 15 is 0 Å². The monoisotopic (exact) mass is 977 g/mol. The lowest BCUT2D eigenvalue weighted by molar-refractivity contribution is 0.753. The van der Waals surface area contributed by atoms with Gasteiger partial charge in [0.2, 0.25) is 0 Å². The van der Waals surface area contributed by atoms with E-state index in [9.17, 15) is 0 Å². The van der Waals surface area contributed by atoms with E-state index in [1.165, 1.54) is 111 Å². The van der Waals surface area contributed by atoms with E-state index in [1.807, 2.05) is 0 Å². The topological polar surface area (TPSA) is 11.4 Å². The predicted octanol–water partition coefficient (Wildman–Crippen LogP) is 18.7. The molecule has 1 unspecified atom stereocenters. The van der Waals surface area contributed by atoms with Gasteiger partial charge in [-0.05, 0) is 157 Å². The largest absolute Gasteiger partial charge is 0.310 e. The molecular weight excluding hydrogens is 931 g/mol. The molecule has 0 saturated carbocycles. The zero-order chi connectivity index (χ0) is 50.4. The van der Waals surface area contributed by atoms with E-state index in [2.05, 4.69) is 299 Å². The average Bonchev–Trinajstić information content (AvgIpc) is 4.35. The standard InChI is InChI=1S/C74H47N3/c1-4-21-48(22-5-1)73-65-35-17-19-37-70(65)77(50-25-8-3-9-26-50)71-38-20-31-60(72(71)73)58-43-40-52(46-66(58)73)75(51-41-44-69-61(45-51)59-30-13-18-36-68(59)76(69)49-23-6-2-7-24-49)53-39-42-57-56-29-12-16-34-64(56)74(67(57)47-53)62-32-14-10-27-54(62)55-28-11-15-33-63(55)74/h1-47H. The summed E-state index contributed by atoms with van der Waals surface area (Å²) in [7, 11) is 0. The molecule has 358 valence electrons. The van der Waals surface area contributed by atoms with E-state index in [0.717, 1.165) is 28.4 Å². The Kier molecular flexibility index (Phi) is 8.69. The lowest BCUT2D eigenvalue weighted by Crippen LogP contribution is -2.36. The lowest BCUT2D eigenvalue weighted by Gasteiger charge is -2.44. The molecular formula is C74H47N3. The van der Waals surface area contributed by atoms with Crippen LogP contribution in [0.4, 0.5) is 34.1 Å². The first-order valence-electron chi connectivity index (χ1n) is 26.8. The Hall–Kier alpha value is -9.96. The van der Waals surface area contributed by atoms with Crippen molar-refractivity contribution in [2.75, 3.05) is 9.80 Å². The van der Waals surface area contributed by atoms with Crippen molar-refractivity contribution < 1.29 is 0 Å². The van der Waals surface area contributed by atoms with Crippen LogP contribution in [0.5, 0.6) is 0 Å². The van der Waals surface area contributed by atoms with Gasteiger partial charge in [0.15, 0.2) is 0 Å². The Morgan fingerprint density at radius 3 is 1.39 bits per heavy atom. The molecule has 1 aliphatic heterocycles. The minimum atomic E-state index is -0.625. The van der Waals surface area contributed by atoms with Gasteiger partial charge in [0, 0.05) is 44.8 Å². The van der Waals surface area contributed by atoms with Crippen LogP contribution in [0.2, 0.25) is 0 Å². The minimum absolute atomic E-state index is 0.502. The molecule has 0 bridgehead atoms. The molecule has 0 saturated heterocycles. The summed E-state index contributed by atoms with van der Waals surface area (Å²) < 4.78 is 2.41. The summed E-state index contributed by atoms with van der Waals surface area (Å²) in [5.74, 6) is 0. The van der Waals surface area contributed by atoms with Crippen molar-refractivity contribution in [2.24, 2.45) is 0 Å². The highest BCUT2D eigenvalue weighted by molar-refractivity contribution is 6.11. The molecule has 13 aromatic rings. The predicted molar refractivity (Wildman–Crippen MR) is 317 cm³/mol. The van der Waals surface area contributed by atoms with E-state index in [-0.39, 0.29) is 0 Å². The third kappa shape index (κ3) is 5.49. The Bertz CT molecular complexity index is 4530. The first-order valence-corrected chi connectivity index (χ1v) is 26.8. The second-order valence-corrected chi connectivity index (χ2v) is 21.1. The minimum Gasteiger partial charge on any atom is -0.310 e. The van der Waals surface area contributed by atoms with Crippen LogP contribution in [0.3, 0.4) is 0 Å². The summed E-state index contributed by atoms with van der Waals surface area (Å²) in [6.45, 7) is 0. The summed E-state index contributed by atoms with van der Waals surface area (Å²) >= 11 is 0. The maximum atomic E-state index is 2.55. The van der Waals surface area contributed by atoms with E-state index in [0.29, 0.717) is 0 Å². The van der Waals surface area contributed by atoms with Crippen molar-refractivity contribution in [3.05, 3.63) is 330 Å². The van der Waals surface area contributed by atoms with Crippen LogP contribution in [0.1, 0.15) is 44.5 Å². The highest BCUT2D eigenvalue weighted by Gasteiger charge is 2.54. The number of hydrogen-bond donors (Lipinski definition) is 0. The van der Waals surface area contributed by atoms with Crippen molar-refractivity contribution in [3.63, 3.8) is 0 Å². The maximum Gasteiger partial charge on any atom is 0.0755 e. The Morgan fingerprint density at radius 2 is 0.727 bits per heavy atom. The Labute approximate surface area is 447 Å². The molecule has 3 heteroatoms. The van der Waals surface area contributed by atoms with Crippen molar-refractivity contribution in [2.45, 2.75) is 10.8 Å². The highest BCUT2D eigenvalue weighted by Crippen LogP contribution is 2.67. The van der Waals surface area contributed by atoms with Gasteiger partial charge in [-0.25, -0.2) is 0 Å². The molecule has 3 aliphatic carbocycles. The highest BCUT2D eigenvalue weighted by atomic mass is 15.2. The molecule has 3 nitrogen and oxygen atoms in total. The molecule has 0 fully saturated rings. The van der Waals surface area contributed by atoms with Gasteiger partial charge in [-0.3, -0.25) is 0 Å². The third-order valence-electron chi connectivity index (χ3n) is 17.6. The van der Waals surface area contributed by atoms with Crippen LogP contribution < -0.4 is 9.80 Å². The molecule has 1 spiro atoms. The number of fused-ring (bicyclic) bond motifs is 18. The molecule has 77 heavy (non-hydrogen) atoms. The molecule has 1 atom stereocenters. The van der Waals surface area contributed by atoms with Crippen LogP contribution in [-0.4, -0.2) is 4.57 Å².